The van der Waals surface area contributed by atoms with E-state index in [1.54, 1.807) is 11.9 Å². The summed E-state index contributed by atoms with van der Waals surface area (Å²) in [6.45, 7) is 2.14. The minimum absolute atomic E-state index is 0.0294. The van der Waals surface area contributed by atoms with E-state index in [1.165, 1.54) is 0 Å². The van der Waals surface area contributed by atoms with Crippen LogP contribution in [-0.4, -0.2) is 47.9 Å². The Morgan fingerprint density at radius 2 is 2.41 bits per heavy atom. The van der Waals surface area contributed by atoms with Crippen molar-refractivity contribution in [2.45, 2.75) is 12.8 Å². The van der Waals surface area contributed by atoms with Crippen LogP contribution in [0.4, 0.5) is 5.82 Å². The number of carbonyl (C=O) groups is 1. The number of aromatic nitrogens is 2. The van der Waals surface area contributed by atoms with Gasteiger partial charge >= 0.3 is 0 Å². The van der Waals surface area contributed by atoms with Gasteiger partial charge in [0, 0.05) is 20.2 Å². The molecule has 1 aromatic rings. The molecule has 0 radical (unpaired) electrons. The van der Waals surface area contributed by atoms with Crippen LogP contribution in [0.3, 0.4) is 0 Å². The maximum atomic E-state index is 11.9. The Bertz CT molecular complexity index is 387. The summed E-state index contributed by atoms with van der Waals surface area (Å²) in [4.78, 5) is 13.5. The minimum Gasteiger partial charge on any atom is -0.381 e. The molecular weight excluding hydrogens is 224 g/mol. The predicted octanol–water partition coefficient (Wildman–Crippen LogP) is 0.150. The topological polar surface area (TPSA) is 94.5 Å². The number of hydrogen-bond acceptors (Lipinski definition) is 6. The van der Waals surface area contributed by atoms with Crippen molar-refractivity contribution in [2.24, 2.45) is 5.92 Å². The zero-order chi connectivity index (χ0) is 12.3. The van der Waals surface area contributed by atoms with Crippen LogP contribution in [0.25, 0.3) is 0 Å². The summed E-state index contributed by atoms with van der Waals surface area (Å²) in [5.41, 5.74) is 5.55. The number of hydrogen-bond donors (Lipinski definition) is 1. The minimum atomic E-state index is -0.269. The molecule has 1 aliphatic heterocycles. The molecule has 1 aromatic heterocycles. The largest absolute Gasteiger partial charge is 0.381 e. The highest BCUT2D eigenvalue weighted by atomic mass is 16.6. The molecule has 2 rings (SSSR count). The fraction of sp³-hybridized carbons (Fsp3) is 0.700. The summed E-state index contributed by atoms with van der Waals surface area (Å²) in [7, 11) is 1.71. The predicted molar refractivity (Wildman–Crippen MR) is 59.2 cm³/mol. The molecule has 0 saturated carbocycles. The average Bonchev–Trinajstić information content (AvgIpc) is 2.76. The van der Waals surface area contributed by atoms with E-state index in [0.717, 1.165) is 19.4 Å². The van der Waals surface area contributed by atoms with E-state index >= 15 is 0 Å². The van der Waals surface area contributed by atoms with Crippen molar-refractivity contribution < 1.29 is 14.2 Å². The summed E-state index contributed by atoms with van der Waals surface area (Å²) in [5, 5.41) is 6.88. The van der Waals surface area contributed by atoms with E-state index in [1.807, 2.05) is 0 Å². The number of anilines is 1. The second-order valence-electron chi connectivity index (χ2n) is 4.27. The van der Waals surface area contributed by atoms with Gasteiger partial charge in [-0.2, -0.15) is 0 Å². The molecule has 7 nitrogen and oxygen atoms in total. The van der Waals surface area contributed by atoms with E-state index < -0.39 is 0 Å². The van der Waals surface area contributed by atoms with Gasteiger partial charge in [-0.25, -0.2) is 4.63 Å². The molecule has 2 N–H and O–H groups in total. The first-order valence-electron chi connectivity index (χ1n) is 5.59. The normalized spacial score (nSPS) is 20.2. The van der Waals surface area contributed by atoms with Gasteiger partial charge in [-0.1, -0.05) is 0 Å². The van der Waals surface area contributed by atoms with E-state index in [2.05, 4.69) is 14.9 Å². The molecule has 0 bridgehead atoms. The summed E-state index contributed by atoms with van der Waals surface area (Å²) in [5.74, 6) is 0.134. The lowest BCUT2D eigenvalue weighted by atomic mass is 10.0. The third-order valence-electron chi connectivity index (χ3n) is 2.85. The van der Waals surface area contributed by atoms with Gasteiger partial charge in [-0.3, -0.25) is 4.79 Å². The van der Waals surface area contributed by atoms with Gasteiger partial charge in [-0.15, -0.1) is 0 Å². The van der Waals surface area contributed by atoms with Crippen LogP contribution in [0.5, 0.6) is 0 Å². The zero-order valence-electron chi connectivity index (χ0n) is 9.76. The first-order chi connectivity index (χ1) is 8.18. The Hall–Kier alpha value is -1.63. The lowest BCUT2D eigenvalue weighted by Crippen LogP contribution is -2.35. The average molecular weight is 240 g/mol. The maximum Gasteiger partial charge on any atom is 0.279 e. The highest BCUT2D eigenvalue weighted by Crippen LogP contribution is 2.16. The highest BCUT2D eigenvalue weighted by molar-refractivity contribution is 5.95. The molecule has 1 amide bonds. The molecule has 2 heterocycles. The van der Waals surface area contributed by atoms with Crippen LogP contribution < -0.4 is 5.73 Å². The molecule has 1 fully saturated rings. The third-order valence-corrected chi connectivity index (χ3v) is 2.85. The number of rotatable bonds is 3. The summed E-state index contributed by atoms with van der Waals surface area (Å²) in [6.07, 6.45) is 2.12. The first kappa shape index (κ1) is 11.8. The van der Waals surface area contributed by atoms with Crippen LogP contribution in [0.2, 0.25) is 0 Å². The van der Waals surface area contributed by atoms with E-state index in [4.69, 9.17) is 10.5 Å². The summed E-state index contributed by atoms with van der Waals surface area (Å²) < 4.78 is 9.78. The molecule has 17 heavy (non-hydrogen) atoms. The van der Waals surface area contributed by atoms with E-state index in [-0.39, 0.29) is 17.4 Å². The molecule has 1 saturated heterocycles. The number of nitrogens with zero attached hydrogens (tertiary/aromatic N) is 3. The Kier molecular flexibility index (Phi) is 3.58. The van der Waals surface area contributed by atoms with Gasteiger partial charge in [0.2, 0.25) is 11.5 Å². The Labute approximate surface area is 98.9 Å². The van der Waals surface area contributed by atoms with Crippen LogP contribution >= 0.6 is 0 Å². The molecular formula is C10H16N4O3. The van der Waals surface area contributed by atoms with Crippen molar-refractivity contribution >= 4 is 11.7 Å². The number of nitrogen functional groups attached to an aromatic ring is 1. The fourth-order valence-electron chi connectivity index (χ4n) is 1.95. The standard InChI is InChI=1S/C10H16N4O3/c1-14(5-7-3-2-4-16-6-7)10(15)8-9(11)13-17-12-8/h7H,2-6H2,1H3,(H2,11,13). The Balaban J connectivity index is 1.93. The molecule has 7 heteroatoms. The van der Waals surface area contributed by atoms with Gasteiger partial charge in [0.25, 0.3) is 5.91 Å². The van der Waals surface area contributed by atoms with Crippen LogP contribution in [0.1, 0.15) is 23.3 Å². The molecule has 0 spiro atoms. The number of nitrogens with two attached hydrogens (primary N) is 1. The van der Waals surface area contributed by atoms with Crippen LogP contribution in [0.15, 0.2) is 4.63 Å². The first-order valence-corrected chi connectivity index (χ1v) is 5.59. The van der Waals surface area contributed by atoms with Crippen LogP contribution in [-0.2, 0) is 4.74 Å². The van der Waals surface area contributed by atoms with Gasteiger partial charge < -0.3 is 15.4 Å². The molecule has 1 unspecified atom stereocenters. The van der Waals surface area contributed by atoms with E-state index in [0.29, 0.717) is 19.1 Å². The molecule has 1 atom stereocenters. The number of amides is 1. The van der Waals surface area contributed by atoms with Crippen molar-refractivity contribution in [3.8, 4) is 0 Å². The number of ether oxygens (including phenoxy) is 1. The lowest BCUT2D eigenvalue weighted by Gasteiger charge is -2.26. The van der Waals surface area contributed by atoms with Gasteiger partial charge in [0.1, 0.15) is 0 Å². The fourth-order valence-corrected chi connectivity index (χ4v) is 1.95. The van der Waals surface area contributed by atoms with Crippen molar-refractivity contribution in [3.05, 3.63) is 5.69 Å². The van der Waals surface area contributed by atoms with Crippen molar-refractivity contribution in [1.82, 2.24) is 15.2 Å². The third kappa shape index (κ3) is 2.73. The van der Waals surface area contributed by atoms with Crippen molar-refractivity contribution in [2.75, 3.05) is 32.5 Å². The summed E-state index contributed by atoms with van der Waals surface area (Å²) >= 11 is 0. The quantitative estimate of drug-likeness (QED) is 0.808. The smallest absolute Gasteiger partial charge is 0.279 e. The maximum absolute atomic E-state index is 11.9. The second-order valence-corrected chi connectivity index (χ2v) is 4.27. The van der Waals surface area contributed by atoms with Gasteiger partial charge in [-0.05, 0) is 29.1 Å². The van der Waals surface area contributed by atoms with E-state index in [9.17, 15) is 4.79 Å². The molecule has 0 aromatic carbocycles. The lowest BCUT2D eigenvalue weighted by molar-refractivity contribution is 0.0386. The number of carbonyl (C=O) groups excluding carboxylic acids is 1. The van der Waals surface area contributed by atoms with Gasteiger partial charge in [0.15, 0.2) is 0 Å². The Morgan fingerprint density at radius 3 is 3.00 bits per heavy atom. The van der Waals surface area contributed by atoms with Crippen LogP contribution in [0, 0.1) is 5.92 Å². The Morgan fingerprint density at radius 1 is 1.59 bits per heavy atom. The SMILES string of the molecule is CN(CC1CCCOC1)C(=O)c1nonc1N. The monoisotopic (exact) mass is 240 g/mol. The molecule has 94 valence electrons. The van der Waals surface area contributed by atoms with Crippen molar-refractivity contribution in [1.29, 1.82) is 0 Å². The zero-order valence-corrected chi connectivity index (χ0v) is 9.76. The highest BCUT2D eigenvalue weighted by Gasteiger charge is 2.23. The molecule has 1 aliphatic rings. The second kappa shape index (κ2) is 5.13. The summed E-state index contributed by atoms with van der Waals surface area (Å²) in [6, 6.07) is 0. The van der Waals surface area contributed by atoms with Gasteiger partial charge in [0.05, 0.1) is 6.61 Å². The molecule has 0 aliphatic carbocycles. The van der Waals surface area contributed by atoms with Crippen molar-refractivity contribution in [3.63, 3.8) is 0 Å².